The van der Waals surface area contributed by atoms with Gasteiger partial charge in [0.1, 0.15) is 0 Å². The average molecular weight is 170 g/mol. The number of aromatic nitrogens is 1. The van der Waals surface area contributed by atoms with Crippen molar-refractivity contribution in [2.75, 3.05) is 13.2 Å². The first-order valence-electron chi connectivity index (χ1n) is 3.95. The SMILES string of the molecule is OCC(O)CNCc1ccc[nH]1. The fourth-order valence-electron chi connectivity index (χ4n) is 0.915. The van der Waals surface area contributed by atoms with Crippen LogP contribution in [0.25, 0.3) is 0 Å². The maximum atomic E-state index is 8.96. The molecule has 1 rings (SSSR count). The van der Waals surface area contributed by atoms with E-state index in [9.17, 15) is 0 Å². The largest absolute Gasteiger partial charge is 0.394 e. The van der Waals surface area contributed by atoms with E-state index < -0.39 is 6.10 Å². The van der Waals surface area contributed by atoms with Crippen LogP contribution in [0, 0.1) is 0 Å². The van der Waals surface area contributed by atoms with Crippen molar-refractivity contribution in [1.82, 2.24) is 10.3 Å². The molecule has 0 aliphatic rings. The predicted molar refractivity (Wildman–Crippen MR) is 45.6 cm³/mol. The van der Waals surface area contributed by atoms with Gasteiger partial charge in [-0.25, -0.2) is 0 Å². The molecule has 1 aromatic rings. The molecule has 4 N–H and O–H groups in total. The van der Waals surface area contributed by atoms with Crippen molar-refractivity contribution in [2.24, 2.45) is 0 Å². The smallest absolute Gasteiger partial charge is 0.0895 e. The molecule has 0 aliphatic heterocycles. The van der Waals surface area contributed by atoms with Gasteiger partial charge in [0.05, 0.1) is 12.7 Å². The van der Waals surface area contributed by atoms with Gasteiger partial charge in [-0.05, 0) is 12.1 Å². The zero-order valence-electron chi connectivity index (χ0n) is 6.83. The van der Waals surface area contributed by atoms with Crippen molar-refractivity contribution in [1.29, 1.82) is 0 Å². The number of H-pyrrole nitrogens is 1. The monoisotopic (exact) mass is 170 g/mol. The molecule has 0 aliphatic carbocycles. The van der Waals surface area contributed by atoms with Crippen molar-refractivity contribution >= 4 is 0 Å². The van der Waals surface area contributed by atoms with Crippen LogP contribution in [0.5, 0.6) is 0 Å². The molecule has 0 fully saturated rings. The lowest BCUT2D eigenvalue weighted by Crippen LogP contribution is -2.28. The second-order valence-electron chi connectivity index (χ2n) is 2.66. The zero-order valence-corrected chi connectivity index (χ0v) is 6.83. The van der Waals surface area contributed by atoms with Crippen LogP contribution in [0.2, 0.25) is 0 Å². The number of hydrogen-bond acceptors (Lipinski definition) is 3. The van der Waals surface area contributed by atoms with Crippen molar-refractivity contribution in [3.63, 3.8) is 0 Å². The fourth-order valence-corrected chi connectivity index (χ4v) is 0.915. The Kier molecular flexibility index (Phi) is 3.79. The molecule has 4 heteroatoms. The molecule has 0 saturated heterocycles. The van der Waals surface area contributed by atoms with Crippen LogP contribution in [0.15, 0.2) is 18.3 Å². The summed E-state index contributed by atoms with van der Waals surface area (Å²) in [6.45, 7) is 0.900. The maximum Gasteiger partial charge on any atom is 0.0895 e. The van der Waals surface area contributed by atoms with Crippen molar-refractivity contribution in [2.45, 2.75) is 12.6 Å². The van der Waals surface area contributed by atoms with E-state index in [0.717, 1.165) is 5.69 Å². The second-order valence-corrected chi connectivity index (χ2v) is 2.66. The molecule has 4 nitrogen and oxygen atoms in total. The molecule has 0 spiro atoms. The number of nitrogens with one attached hydrogen (secondary N) is 2. The number of aliphatic hydroxyl groups is 2. The van der Waals surface area contributed by atoms with Gasteiger partial charge in [0.15, 0.2) is 0 Å². The van der Waals surface area contributed by atoms with Crippen LogP contribution in [0.3, 0.4) is 0 Å². The molecule has 12 heavy (non-hydrogen) atoms. The minimum Gasteiger partial charge on any atom is -0.394 e. The Bertz CT molecular complexity index is 199. The van der Waals surface area contributed by atoms with Crippen LogP contribution in [0.4, 0.5) is 0 Å². The van der Waals surface area contributed by atoms with Crippen molar-refractivity contribution in [3.8, 4) is 0 Å². The van der Waals surface area contributed by atoms with Crippen LogP contribution >= 0.6 is 0 Å². The van der Waals surface area contributed by atoms with Crippen LogP contribution in [-0.2, 0) is 6.54 Å². The van der Waals surface area contributed by atoms with E-state index in [0.29, 0.717) is 13.1 Å². The number of hydrogen-bond donors (Lipinski definition) is 4. The number of rotatable bonds is 5. The Balaban J connectivity index is 2.11. The summed E-state index contributed by atoms with van der Waals surface area (Å²) in [6.07, 6.45) is 1.18. The molecule has 68 valence electrons. The highest BCUT2D eigenvalue weighted by Gasteiger charge is 1.99. The van der Waals surface area contributed by atoms with E-state index in [2.05, 4.69) is 10.3 Å². The minimum absolute atomic E-state index is 0.197. The second kappa shape index (κ2) is 4.92. The van der Waals surface area contributed by atoms with Crippen LogP contribution < -0.4 is 5.32 Å². The lowest BCUT2D eigenvalue weighted by molar-refractivity contribution is 0.0941. The van der Waals surface area contributed by atoms with Gasteiger partial charge in [-0.2, -0.15) is 0 Å². The molecule has 1 atom stereocenters. The van der Waals surface area contributed by atoms with Gasteiger partial charge in [0, 0.05) is 25.0 Å². The quantitative estimate of drug-likeness (QED) is 0.479. The average Bonchev–Trinajstić information content (AvgIpc) is 2.57. The maximum absolute atomic E-state index is 8.96. The molecule has 1 unspecified atom stereocenters. The molecule has 0 saturated carbocycles. The summed E-state index contributed by atoms with van der Waals surface area (Å²) in [6, 6.07) is 3.87. The van der Waals surface area contributed by atoms with Gasteiger partial charge in [-0.1, -0.05) is 0 Å². The van der Waals surface area contributed by atoms with Gasteiger partial charge >= 0.3 is 0 Å². The Morgan fingerprint density at radius 3 is 3.00 bits per heavy atom. The lowest BCUT2D eigenvalue weighted by Gasteiger charge is -2.07. The highest BCUT2D eigenvalue weighted by atomic mass is 16.3. The molecular weight excluding hydrogens is 156 g/mol. The third-order valence-electron chi connectivity index (χ3n) is 1.57. The van der Waals surface area contributed by atoms with Gasteiger partial charge < -0.3 is 20.5 Å². The standard InChI is InChI=1S/C8H14N2O2/c11-6-8(12)5-9-4-7-2-1-3-10-7/h1-3,8-12H,4-6H2. The molecule has 0 bridgehead atoms. The summed E-state index contributed by atoms with van der Waals surface area (Å²) >= 11 is 0. The molecule has 1 heterocycles. The summed E-state index contributed by atoms with van der Waals surface area (Å²) in [4.78, 5) is 3.02. The zero-order chi connectivity index (χ0) is 8.81. The number of aromatic amines is 1. The van der Waals surface area contributed by atoms with E-state index in [1.807, 2.05) is 18.3 Å². The fraction of sp³-hybridized carbons (Fsp3) is 0.500. The van der Waals surface area contributed by atoms with Gasteiger partial charge in [-0.15, -0.1) is 0 Å². The van der Waals surface area contributed by atoms with E-state index >= 15 is 0 Å². The Hall–Kier alpha value is -0.840. The third-order valence-corrected chi connectivity index (χ3v) is 1.57. The normalized spacial score (nSPS) is 13.2. The number of aliphatic hydroxyl groups excluding tert-OH is 2. The Labute approximate surface area is 71.2 Å². The molecular formula is C8H14N2O2. The molecule has 0 radical (unpaired) electrons. The Morgan fingerprint density at radius 2 is 2.42 bits per heavy atom. The molecule has 0 aromatic carbocycles. The van der Waals surface area contributed by atoms with E-state index in [4.69, 9.17) is 10.2 Å². The topological polar surface area (TPSA) is 68.3 Å². The van der Waals surface area contributed by atoms with Gasteiger partial charge in [-0.3, -0.25) is 0 Å². The highest BCUT2D eigenvalue weighted by molar-refractivity contribution is 5.02. The summed E-state index contributed by atoms with van der Waals surface area (Å²) < 4.78 is 0. The molecule has 1 aromatic heterocycles. The predicted octanol–water partition coefficient (Wildman–Crippen LogP) is -0.543. The van der Waals surface area contributed by atoms with E-state index in [-0.39, 0.29) is 6.61 Å². The first kappa shape index (κ1) is 9.25. The molecule has 0 amide bonds. The van der Waals surface area contributed by atoms with Crippen LogP contribution in [-0.4, -0.2) is 34.5 Å². The van der Waals surface area contributed by atoms with Gasteiger partial charge in [0.2, 0.25) is 0 Å². The van der Waals surface area contributed by atoms with Crippen molar-refractivity contribution < 1.29 is 10.2 Å². The van der Waals surface area contributed by atoms with Crippen LogP contribution in [0.1, 0.15) is 5.69 Å². The Morgan fingerprint density at radius 1 is 1.58 bits per heavy atom. The van der Waals surface area contributed by atoms with Crippen molar-refractivity contribution in [3.05, 3.63) is 24.0 Å². The van der Waals surface area contributed by atoms with Gasteiger partial charge in [0.25, 0.3) is 0 Å². The minimum atomic E-state index is -0.667. The van der Waals surface area contributed by atoms with E-state index in [1.54, 1.807) is 0 Å². The van der Waals surface area contributed by atoms with E-state index in [1.165, 1.54) is 0 Å². The first-order chi connectivity index (χ1) is 5.83. The lowest BCUT2D eigenvalue weighted by atomic mass is 10.3. The first-order valence-corrected chi connectivity index (χ1v) is 3.95. The third kappa shape index (κ3) is 3.04. The summed E-state index contributed by atoms with van der Waals surface area (Å²) in [7, 11) is 0. The summed E-state index contributed by atoms with van der Waals surface area (Å²) in [5.74, 6) is 0. The summed E-state index contributed by atoms with van der Waals surface area (Å²) in [5, 5.41) is 20.5. The highest BCUT2D eigenvalue weighted by Crippen LogP contribution is 1.92. The summed E-state index contributed by atoms with van der Waals surface area (Å²) in [5.41, 5.74) is 1.07.